The lowest BCUT2D eigenvalue weighted by molar-refractivity contribution is -0.973. The van der Waals surface area contributed by atoms with E-state index in [1.54, 1.807) is 20.8 Å². The van der Waals surface area contributed by atoms with Gasteiger partial charge < -0.3 is 15.3 Å². The summed E-state index contributed by atoms with van der Waals surface area (Å²) in [5, 5.41) is 30.0. The minimum absolute atomic E-state index is 0.178. The van der Waals surface area contributed by atoms with E-state index in [2.05, 4.69) is 19.1 Å². The average Bonchev–Trinajstić information content (AvgIpc) is 2.86. The van der Waals surface area contributed by atoms with E-state index in [0.717, 1.165) is 12.8 Å². The number of hydrogen-bond acceptors (Lipinski definition) is 3. The fourth-order valence-electron chi connectivity index (χ4n) is 6.10. The van der Waals surface area contributed by atoms with Gasteiger partial charge in [0.05, 0.1) is 6.54 Å². The fourth-order valence-corrected chi connectivity index (χ4v) is 6.10. The highest BCUT2D eigenvalue weighted by Crippen LogP contribution is 2.32. The van der Waals surface area contributed by atoms with Crippen LogP contribution in [0.1, 0.15) is 143 Å². The van der Waals surface area contributed by atoms with Gasteiger partial charge in [0.15, 0.2) is 18.1 Å². The molecule has 0 aliphatic rings. The maximum absolute atomic E-state index is 12.2. The van der Waals surface area contributed by atoms with Crippen molar-refractivity contribution in [2.75, 3.05) is 6.54 Å². The highest BCUT2D eigenvalue weighted by atomic mass is 16.4. The van der Waals surface area contributed by atoms with Crippen molar-refractivity contribution in [2.45, 2.75) is 161 Å². The van der Waals surface area contributed by atoms with E-state index in [-0.39, 0.29) is 25.8 Å². The average molecular weight is 541 g/mol. The van der Waals surface area contributed by atoms with Crippen molar-refractivity contribution >= 4 is 17.9 Å². The van der Waals surface area contributed by atoms with E-state index in [4.69, 9.17) is 0 Å². The molecule has 0 amide bonds. The Morgan fingerprint density at radius 2 is 0.842 bits per heavy atom. The van der Waals surface area contributed by atoms with Crippen LogP contribution in [-0.4, -0.2) is 62.4 Å². The summed E-state index contributed by atoms with van der Waals surface area (Å²) in [5.41, 5.74) is 0. The third-order valence-electron chi connectivity index (χ3n) is 8.06. The molecule has 7 heteroatoms. The highest BCUT2D eigenvalue weighted by molar-refractivity contribution is 5.78. The molecule has 0 radical (unpaired) electrons. The molecule has 3 unspecified atom stereocenters. The Bertz CT molecular complexity index is 622. The van der Waals surface area contributed by atoms with Crippen LogP contribution in [0.4, 0.5) is 0 Å². The summed E-state index contributed by atoms with van der Waals surface area (Å²) in [6.45, 7) is 7.56. The zero-order valence-electron chi connectivity index (χ0n) is 24.8. The topological polar surface area (TPSA) is 112 Å². The number of aliphatic carboxylic acids is 3. The molecule has 0 aromatic carbocycles. The molecule has 222 valence electrons. The number of unbranched alkanes of at least 4 members (excludes halogenated alkanes) is 13. The van der Waals surface area contributed by atoms with Crippen LogP contribution in [0, 0.1) is 0 Å². The molecule has 0 saturated carbocycles. The molecule has 3 atom stereocenters. The number of allylic oxidation sites excluding steroid dienone is 2. The van der Waals surface area contributed by atoms with E-state index < -0.39 is 40.5 Å². The first-order valence-corrected chi connectivity index (χ1v) is 15.4. The van der Waals surface area contributed by atoms with Crippen LogP contribution in [0.15, 0.2) is 12.2 Å². The molecule has 3 N–H and O–H groups in total. The van der Waals surface area contributed by atoms with Crippen LogP contribution >= 0.6 is 0 Å². The summed E-state index contributed by atoms with van der Waals surface area (Å²) in [5.74, 6) is -3.39. The largest absolute Gasteiger partial charge is 0.477 e. The fraction of sp³-hybridized carbons (Fsp3) is 0.839. The molecule has 0 aromatic rings. The second-order valence-electron chi connectivity index (χ2n) is 10.8. The lowest BCUT2D eigenvalue weighted by Crippen LogP contribution is -2.72. The van der Waals surface area contributed by atoms with Crippen LogP contribution in [0.5, 0.6) is 0 Å². The molecular weight excluding hydrogens is 482 g/mol. The summed E-state index contributed by atoms with van der Waals surface area (Å²) in [7, 11) is 0. The zero-order valence-corrected chi connectivity index (χ0v) is 24.8. The Labute approximate surface area is 232 Å². The number of quaternary nitrogens is 1. The Morgan fingerprint density at radius 1 is 0.526 bits per heavy atom. The first-order chi connectivity index (χ1) is 18.2. The number of carboxylic acids is 3. The van der Waals surface area contributed by atoms with Crippen LogP contribution < -0.4 is 0 Å². The number of carboxylic acid groups (broad SMARTS) is 3. The van der Waals surface area contributed by atoms with E-state index in [0.29, 0.717) is 12.8 Å². The standard InChI is InChI=1S/C31H57NO6/c1-5-9-10-11-12-13-14-15-16-17-18-19-20-21-22-23-24-25-32(26(6-2)29(33)34,27(7-3)30(35)36)28(8-4)31(37)38/h21-22,26-28H,5-20,23-25H2,1-4H3,(H2-,33,34,35,36,37,38)/p+1/b22-21+. The lowest BCUT2D eigenvalue weighted by Gasteiger charge is -2.49. The molecule has 0 spiro atoms. The van der Waals surface area contributed by atoms with Crippen molar-refractivity contribution in [3.63, 3.8) is 0 Å². The minimum Gasteiger partial charge on any atom is -0.477 e. The molecule has 0 fully saturated rings. The van der Waals surface area contributed by atoms with E-state index in [1.807, 2.05) is 0 Å². The van der Waals surface area contributed by atoms with Crippen LogP contribution in [0.25, 0.3) is 0 Å². The monoisotopic (exact) mass is 540 g/mol. The number of rotatable bonds is 26. The molecule has 0 aliphatic carbocycles. The molecular formula is C31H58NO6+. The Morgan fingerprint density at radius 3 is 1.16 bits per heavy atom. The quantitative estimate of drug-likeness (QED) is 0.0586. The second kappa shape index (κ2) is 22.0. The van der Waals surface area contributed by atoms with Gasteiger partial charge in [0.1, 0.15) is 0 Å². The summed E-state index contributed by atoms with van der Waals surface area (Å²) < 4.78 is -0.434. The van der Waals surface area contributed by atoms with Crippen LogP contribution in [0.2, 0.25) is 0 Å². The number of hydrogen-bond donors (Lipinski definition) is 3. The minimum atomic E-state index is -1.13. The van der Waals surface area contributed by atoms with Crippen molar-refractivity contribution in [3.8, 4) is 0 Å². The number of carbonyl (C=O) groups is 3. The van der Waals surface area contributed by atoms with Crippen LogP contribution in [0.3, 0.4) is 0 Å². The van der Waals surface area contributed by atoms with Gasteiger partial charge >= 0.3 is 17.9 Å². The molecule has 0 rings (SSSR count). The first-order valence-electron chi connectivity index (χ1n) is 15.4. The van der Waals surface area contributed by atoms with E-state index >= 15 is 0 Å². The summed E-state index contributed by atoms with van der Waals surface area (Å²) in [4.78, 5) is 36.7. The Balaban J connectivity index is 4.75. The molecule has 0 bridgehead atoms. The zero-order chi connectivity index (χ0) is 28.8. The first kappa shape index (κ1) is 36.1. The summed E-state index contributed by atoms with van der Waals surface area (Å²) in [6, 6.07) is -3.24. The Hall–Kier alpha value is -1.89. The predicted molar refractivity (Wildman–Crippen MR) is 154 cm³/mol. The third kappa shape index (κ3) is 12.8. The molecule has 0 saturated heterocycles. The van der Waals surface area contributed by atoms with Gasteiger partial charge in [-0.15, -0.1) is 0 Å². The van der Waals surface area contributed by atoms with Gasteiger partial charge in [-0.3, -0.25) is 4.48 Å². The van der Waals surface area contributed by atoms with Crippen LogP contribution in [-0.2, 0) is 14.4 Å². The van der Waals surface area contributed by atoms with Crippen molar-refractivity contribution in [1.29, 1.82) is 0 Å². The lowest BCUT2D eigenvalue weighted by atomic mass is 9.94. The summed E-state index contributed by atoms with van der Waals surface area (Å²) >= 11 is 0. The molecule has 0 heterocycles. The Kier molecular flexibility index (Phi) is 20.9. The number of nitrogens with zero attached hydrogens (tertiary/aromatic N) is 1. The maximum Gasteiger partial charge on any atom is 0.362 e. The van der Waals surface area contributed by atoms with Gasteiger partial charge in [-0.2, -0.15) is 0 Å². The van der Waals surface area contributed by atoms with Crippen molar-refractivity contribution in [2.24, 2.45) is 0 Å². The molecule has 0 aliphatic heterocycles. The second-order valence-corrected chi connectivity index (χ2v) is 10.8. The predicted octanol–water partition coefficient (Wildman–Crippen LogP) is 7.82. The van der Waals surface area contributed by atoms with Gasteiger partial charge in [0.25, 0.3) is 0 Å². The van der Waals surface area contributed by atoms with Gasteiger partial charge in [-0.1, -0.05) is 110 Å². The van der Waals surface area contributed by atoms with Gasteiger partial charge in [-0.05, 0) is 19.3 Å². The van der Waals surface area contributed by atoms with Crippen molar-refractivity contribution in [1.82, 2.24) is 0 Å². The van der Waals surface area contributed by atoms with E-state index in [9.17, 15) is 29.7 Å². The van der Waals surface area contributed by atoms with Crippen molar-refractivity contribution < 1.29 is 34.2 Å². The van der Waals surface area contributed by atoms with E-state index in [1.165, 1.54) is 70.6 Å². The molecule has 38 heavy (non-hydrogen) atoms. The third-order valence-corrected chi connectivity index (χ3v) is 8.06. The van der Waals surface area contributed by atoms with Crippen molar-refractivity contribution in [3.05, 3.63) is 12.2 Å². The maximum atomic E-state index is 12.2. The van der Waals surface area contributed by atoms with Gasteiger partial charge in [0, 0.05) is 25.7 Å². The SMILES string of the molecule is CCCCCCCCCCCCCC/C=C/CCC[N+](C(CC)C(=O)O)(C(CC)C(=O)O)C(CC)C(=O)O. The molecule has 0 aromatic heterocycles. The summed E-state index contributed by atoms with van der Waals surface area (Å²) in [6.07, 6.45) is 22.9. The van der Waals surface area contributed by atoms with Gasteiger partial charge in [0.2, 0.25) is 0 Å². The molecule has 7 nitrogen and oxygen atoms in total. The smallest absolute Gasteiger partial charge is 0.362 e. The normalized spacial score (nSPS) is 15.7. The van der Waals surface area contributed by atoms with Gasteiger partial charge in [-0.25, -0.2) is 14.4 Å². The highest BCUT2D eigenvalue weighted by Gasteiger charge is 2.55.